The number of nitrogens with zero attached hydrogens (tertiary/aromatic N) is 4. The molecule has 1 N–H and O–H groups in total. The van der Waals surface area contributed by atoms with Crippen molar-refractivity contribution in [2.75, 3.05) is 26.0 Å². The smallest absolute Gasteiger partial charge is 0.332 e. The van der Waals surface area contributed by atoms with Gasteiger partial charge in [0.05, 0.1) is 6.04 Å². The molecule has 0 saturated heterocycles. The van der Waals surface area contributed by atoms with Gasteiger partial charge in [-0.25, -0.2) is 4.79 Å². The minimum Gasteiger partial charge on any atom is -0.368 e. The van der Waals surface area contributed by atoms with E-state index in [1.807, 2.05) is 44.1 Å². The summed E-state index contributed by atoms with van der Waals surface area (Å²) in [5, 5.41) is 12.5. The van der Waals surface area contributed by atoms with Crippen LogP contribution >= 0.6 is 0 Å². The number of rotatable bonds is 5. The van der Waals surface area contributed by atoms with Gasteiger partial charge in [-0.15, -0.1) is 0 Å². The van der Waals surface area contributed by atoms with Gasteiger partial charge >= 0.3 is 5.69 Å². The maximum Gasteiger partial charge on any atom is 0.332 e. The van der Waals surface area contributed by atoms with Crippen LogP contribution in [0.15, 0.2) is 33.9 Å². The third kappa shape index (κ3) is 3.64. The molecule has 0 aliphatic heterocycles. The number of hydrogen-bond acceptors (Lipinski definition) is 5. The van der Waals surface area contributed by atoms with Gasteiger partial charge in [-0.2, -0.15) is 5.26 Å². The Kier molecular flexibility index (Phi) is 5.45. The largest absolute Gasteiger partial charge is 0.368 e. The first-order chi connectivity index (χ1) is 11.8. The molecule has 0 aliphatic carbocycles. The third-order valence-corrected chi connectivity index (χ3v) is 4.32. The Morgan fingerprint density at radius 2 is 1.76 bits per heavy atom. The first-order valence-electron chi connectivity index (χ1n) is 7.95. The van der Waals surface area contributed by atoms with Gasteiger partial charge in [0, 0.05) is 20.6 Å². The lowest BCUT2D eigenvalue weighted by Gasteiger charge is -2.26. The molecule has 1 atom stereocenters. The molecule has 0 bridgehead atoms. The Bertz CT molecular complexity index is 917. The number of likely N-dealkylation sites (N-methyl/N-ethyl adjacent to an activating group) is 1. The van der Waals surface area contributed by atoms with Gasteiger partial charge < -0.3 is 10.2 Å². The van der Waals surface area contributed by atoms with Crippen molar-refractivity contribution >= 4 is 5.82 Å². The summed E-state index contributed by atoms with van der Waals surface area (Å²) < 4.78 is 2.23. The zero-order chi connectivity index (χ0) is 18.7. The molecule has 0 spiro atoms. The van der Waals surface area contributed by atoms with Crippen LogP contribution in [0.4, 0.5) is 5.82 Å². The highest BCUT2D eigenvalue weighted by Gasteiger charge is 2.18. The molecule has 25 heavy (non-hydrogen) atoms. The fourth-order valence-electron chi connectivity index (χ4n) is 2.73. The van der Waals surface area contributed by atoms with Gasteiger partial charge in [0.1, 0.15) is 11.9 Å². The molecule has 1 aromatic carbocycles. The normalized spacial score (nSPS) is 12.0. The maximum absolute atomic E-state index is 12.2. The number of aryl methyl sites for hydroxylation is 1. The summed E-state index contributed by atoms with van der Waals surface area (Å²) in [6.45, 7) is 2.48. The Morgan fingerprint density at radius 3 is 2.28 bits per heavy atom. The first-order valence-corrected chi connectivity index (χ1v) is 7.95. The van der Waals surface area contributed by atoms with E-state index in [1.165, 1.54) is 17.2 Å². The van der Waals surface area contributed by atoms with Gasteiger partial charge in [-0.3, -0.25) is 13.9 Å². The number of hydrogen-bond donors (Lipinski definition) is 1. The van der Waals surface area contributed by atoms with Crippen molar-refractivity contribution in [2.24, 2.45) is 14.1 Å². The molecule has 0 unspecified atom stereocenters. The van der Waals surface area contributed by atoms with Crippen LogP contribution in [-0.4, -0.2) is 34.7 Å². The van der Waals surface area contributed by atoms with E-state index in [1.54, 1.807) is 7.05 Å². The standard InChI is InChI=1S/C18H23N5O2/c1-12-6-8-13(9-7-12)15(21(2)3)11-20-16-14(10-19)17(24)23(5)18(25)22(16)4/h6-9,15,20H,11H2,1-5H3/t15-/m0/s1. The third-order valence-electron chi connectivity index (χ3n) is 4.32. The minimum atomic E-state index is -0.593. The summed E-state index contributed by atoms with van der Waals surface area (Å²) in [7, 11) is 6.83. The van der Waals surface area contributed by atoms with E-state index in [4.69, 9.17) is 0 Å². The van der Waals surface area contributed by atoms with Crippen LogP contribution in [0.3, 0.4) is 0 Å². The topological polar surface area (TPSA) is 83.1 Å². The van der Waals surface area contributed by atoms with Crippen LogP contribution in [0.1, 0.15) is 22.7 Å². The highest BCUT2D eigenvalue weighted by atomic mass is 16.2. The predicted molar refractivity (Wildman–Crippen MR) is 97.7 cm³/mol. The molecule has 7 heteroatoms. The molecule has 0 saturated carbocycles. The quantitative estimate of drug-likeness (QED) is 0.876. The van der Waals surface area contributed by atoms with Crippen molar-refractivity contribution in [1.29, 1.82) is 5.26 Å². The van der Waals surface area contributed by atoms with Crippen molar-refractivity contribution < 1.29 is 0 Å². The fourth-order valence-corrected chi connectivity index (χ4v) is 2.73. The zero-order valence-corrected chi connectivity index (χ0v) is 15.2. The lowest BCUT2D eigenvalue weighted by Crippen LogP contribution is -2.40. The summed E-state index contributed by atoms with van der Waals surface area (Å²) >= 11 is 0. The van der Waals surface area contributed by atoms with Gasteiger partial charge in [-0.05, 0) is 26.6 Å². The number of anilines is 1. The molecule has 0 fully saturated rings. The zero-order valence-electron chi connectivity index (χ0n) is 15.2. The second kappa shape index (κ2) is 7.36. The van der Waals surface area contributed by atoms with Crippen LogP contribution in [0.2, 0.25) is 0 Å². The Labute approximate surface area is 146 Å². The van der Waals surface area contributed by atoms with Crippen molar-refractivity contribution in [1.82, 2.24) is 14.0 Å². The fraction of sp³-hybridized carbons (Fsp3) is 0.389. The van der Waals surface area contributed by atoms with Crippen LogP contribution < -0.4 is 16.6 Å². The van der Waals surface area contributed by atoms with E-state index in [0.29, 0.717) is 6.54 Å². The minimum absolute atomic E-state index is 0.0197. The number of aromatic nitrogens is 2. The second-order valence-electron chi connectivity index (χ2n) is 6.31. The molecule has 2 rings (SSSR count). The lowest BCUT2D eigenvalue weighted by molar-refractivity contribution is 0.311. The number of nitrogens with one attached hydrogen (secondary N) is 1. The summed E-state index contributed by atoms with van der Waals surface area (Å²) in [6.07, 6.45) is 0. The molecular formula is C18H23N5O2. The van der Waals surface area contributed by atoms with Crippen LogP contribution in [0.25, 0.3) is 0 Å². The highest BCUT2D eigenvalue weighted by Crippen LogP contribution is 2.20. The summed E-state index contributed by atoms with van der Waals surface area (Å²) in [5.41, 5.74) is 1.16. The Morgan fingerprint density at radius 1 is 1.16 bits per heavy atom. The molecule has 0 amide bonds. The van der Waals surface area contributed by atoms with E-state index in [-0.39, 0.29) is 17.4 Å². The number of nitriles is 1. The van der Waals surface area contributed by atoms with E-state index >= 15 is 0 Å². The van der Waals surface area contributed by atoms with Gasteiger partial charge in [-0.1, -0.05) is 29.8 Å². The second-order valence-corrected chi connectivity index (χ2v) is 6.31. The maximum atomic E-state index is 12.2. The first kappa shape index (κ1) is 18.5. The SMILES string of the molecule is Cc1ccc([C@H](CNc2c(C#N)c(=O)n(C)c(=O)n2C)N(C)C)cc1. The Hall–Kier alpha value is -2.85. The van der Waals surface area contributed by atoms with Crippen LogP contribution in [0, 0.1) is 18.3 Å². The molecule has 0 aliphatic rings. The van der Waals surface area contributed by atoms with Crippen molar-refractivity contribution in [3.05, 3.63) is 61.8 Å². The highest BCUT2D eigenvalue weighted by molar-refractivity contribution is 5.51. The average Bonchev–Trinajstić information content (AvgIpc) is 2.58. The Balaban J connectivity index is 2.39. The average molecular weight is 341 g/mol. The van der Waals surface area contributed by atoms with Crippen molar-refractivity contribution in [3.63, 3.8) is 0 Å². The molecule has 132 valence electrons. The molecule has 2 aromatic rings. The summed E-state index contributed by atoms with van der Waals surface area (Å²) in [4.78, 5) is 26.3. The van der Waals surface area contributed by atoms with E-state index in [9.17, 15) is 14.9 Å². The molecule has 7 nitrogen and oxygen atoms in total. The van der Waals surface area contributed by atoms with Gasteiger partial charge in [0.15, 0.2) is 5.56 Å². The molecule has 1 aromatic heterocycles. The van der Waals surface area contributed by atoms with E-state index in [0.717, 1.165) is 10.1 Å². The van der Waals surface area contributed by atoms with E-state index < -0.39 is 11.2 Å². The van der Waals surface area contributed by atoms with E-state index in [2.05, 4.69) is 17.4 Å². The van der Waals surface area contributed by atoms with Crippen LogP contribution in [0.5, 0.6) is 0 Å². The van der Waals surface area contributed by atoms with Crippen molar-refractivity contribution in [2.45, 2.75) is 13.0 Å². The molecule has 1 heterocycles. The van der Waals surface area contributed by atoms with Gasteiger partial charge in [0.2, 0.25) is 0 Å². The summed E-state index contributed by atoms with van der Waals surface area (Å²) in [6, 6.07) is 10.1. The van der Waals surface area contributed by atoms with Crippen LogP contribution in [-0.2, 0) is 14.1 Å². The summed E-state index contributed by atoms with van der Waals surface area (Å²) in [5.74, 6) is 0.245. The molecular weight excluding hydrogens is 318 g/mol. The molecule has 0 radical (unpaired) electrons. The van der Waals surface area contributed by atoms with Crippen molar-refractivity contribution in [3.8, 4) is 6.07 Å². The number of benzene rings is 1. The lowest BCUT2D eigenvalue weighted by atomic mass is 10.0. The van der Waals surface area contributed by atoms with Gasteiger partial charge in [0.25, 0.3) is 5.56 Å². The predicted octanol–water partition coefficient (Wildman–Crippen LogP) is 0.979. The monoisotopic (exact) mass is 341 g/mol.